The van der Waals surface area contributed by atoms with E-state index in [9.17, 15) is 4.79 Å². The van der Waals surface area contributed by atoms with Gasteiger partial charge in [-0.15, -0.1) is 0 Å². The first-order valence-electron chi connectivity index (χ1n) is 8.69. The van der Waals surface area contributed by atoms with E-state index in [1.54, 1.807) is 24.3 Å². The first kappa shape index (κ1) is 18.8. The molecule has 0 saturated carbocycles. The number of hydrogen-bond donors (Lipinski definition) is 0. The van der Waals surface area contributed by atoms with Gasteiger partial charge in [0.25, 0.3) is 0 Å². The van der Waals surface area contributed by atoms with Crippen LogP contribution in [0, 0.1) is 13.8 Å². The van der Waals surface area contributed by atoms with Crippen LogP contribution in [0.15, 0.2) is 42.5 Å². The van der Waals surface area contributed by atoms with Crippen LogP contribution in [0.4, 0.5) is 5.69 Å². The van der Waals surface area contributed by atoms with E-state index in [1.807, 2.05) is 11.0 Å². The van der Waals surface area contributed by atoms with Crippen LogP contribution in [-0.4, -0.2) is 37.0 Å². The van der Waals surface area contributed by atoms with Gasteiger partial charge in [0.2, 0.25) is 5.91 Å². The SMILES string of the molecule is Cc1cccc(N2CCN(C(=O)/C=C/c3ccc(Cl)cc3Cl)CC2)c1C. The highest BCUT2D eigenvalue weighted by Gasteiger charge is 2.21. The number of benzene rings is 2. The number of carbonyl (C=O) groups excluding carboxylic acids is 1. The molecule has 0 unspecified atom stereocenters. The molecule has 0 radical (unpaired) electrons. The fourth-order valence-corrected chi connectivity index (χ4v) is 3.62. The van der Waals surface area contributed by atoms with Crippen molar-refractivity contribution < 1.29 is 4.79 Å². The third kappa shape index (κ3) is 4.22. The quantitative estimate of drug-likeness (QED) is 0.692. The van der Waals surface area contributed by atoms with Crippen LogP contribution in [0.5, 0.6) is 0 Å². The van der Waals surface area contributed by atoms with Crippen LogP contribution in [-0.2, 0) is 4.79 Å². The second kappa shape index (κ2) is 8.15. The predicted octanol–water partition coefficient (Wildman–Crippen LogP) is 4.97. The van der Waals surface area contributed by atoms with Crippen molar-refractivity contribution in [2.75, 3.05) is 31.1 Å². The van der Waals surface area contributed by atoms with Gasteiger partial charge in [0.05, 0.1) is 0 Å². The average Bonchev–Trinajstić information content (AvgIpc) is 2.63. The molecule has 3 rings (SSSR count). The van der Waals surface area contributed by atoms with Crippen LogP contribution in [0.1, 0.15) is 16.7 Å². The van der Waals surface area contributed by atoms with E-state index in [1.165, 1.54) is 16.8 Å². The number of anilines is 1. The van der Waals surface area contributed by atoms with E-state index < -0.39 is 0 Å². The molecule has 0 atom stereocenters. The van der Waals surface area contributed by atoms with Crippen molar-refractivity contribution in [1.82, 2.24) is 4.90 Å². The van der Waals surface area contributed by atoms with Gasteiger partial charge in [-0.1, -0.05) is 41.4 Å². The molecule has 136 valence electrons. The van der Waals surface area contributed by atoms with Crippen LogP contribution in [0.2, 0.25) is 10.0 Å². The summed E-state index contributed by atoms with van der Waals surface area (Å²) in [7, 11) is 0. The molecule has 3 nitrogen and oxygen atoms in total. The minimum Gasteiger partial charge on any atom is -0.368 e. The molecule has 1 heterocycles. The number of aryl methyl sites for hydroxylation is 1. The zero-order valence-electron chi connectivity index (χ0n) is 15.0. The Kier molecular flexibility index (Phi) is 5.90. The number of rotatable bonds is 3. The largest absolute Gasteiger partial charge is 0.368 e. The summed E-state index contributed by atoms with van der Waals surface area (Å²) in [5.41, 5.74) is 4.66. The summed E-state index contributed by atoms with van der Waals surface area (Å²) >= 11 is 12.0. The van der Waals surface area contributed by atoms with Gasteiger partial charge in [-0.2, -0.15) is 0 Å². The number of amides is 1. The smallest absolute Gasteiger partial charge is 0.246 e. The molecule has 0 aromatic heterocycles. The van der Waals surface area contributed by atoms with E-state index >= 15 is 0 Å². The summed E-state index contributed by atoms with van der Waals surface area (Å²) in [5.74, 6) is 0.0108. The zero-order valence-corrected chi connectivity index (χ0v) is 16.5. The molecule has 2 aromatic rings. The summed E-state index contributed by atoms with van der Waals surface area (Å²) in [4.78, 5) is 16.7. The van der Waals surface area contributed by atoms with Crippen LogP contribution < -0.4 is 4.90 Å². The summed E-state index contributed by atoms with van der Waals surface area (Å²) < 4.78 is 0. The second-order valence-corrected chi connectivity index (χ2v) is 7.37. The van der Waals surface area contributed by atoms with Crippen molar-refractivity contribution in [2.45, 2.75) is 13.8 Å². The average molecular weight is 389 g/mol. The Labute approximate surface area is 164 Å². The second-order valence-electron chi connectivity index (χ2n) is 6.53. The minimum absolute atomic E-state index is 0.0108. The zero-order chi connectivity index (χ0) is 18.7. The summed E-state index contributed by atoms with van der Waals surface area (Å²) in [6, 6.07) is 11.6. The lowest BCUT2D eigenvalue weighted by Gasteiger charge is -2.36. The maximum Gasteiger partial charge on any atom is 0.246 e. The Morgan fingerprint density at radius 3 is 2.46 bits per heavy atom. The molecule has 1 amide bonds. The van der Waals surface area contributed by atoms with Crippen molar-refractivity contribution >= 4 is 40.9 Å². The van der Waals surface area contributed by atoms with Gasteiger partial charge < -0.3 is 9.80 Å². The Morgan fingerprint density at radius 1 is 1.04 bits per heavy atom. The Bertz CT molecular complexity index is 840. The molecule has 2 aromatic carbocycles. The van der Waals surface area contributed by atoms with E-state index in [-0.39, 0.29) is 5.91 Å². The van der Waals surface area contributed by atoms with Crippen molar-refractivity contribution in [2.24, 2.45) is 0 Å². The van der Waals surface area contributed by atoms with Crippen molar-refractivity contribution in [1.29, 1.82) is 0 Å². The molecule has 26 heavy (non-hydrogen) atoms. The summed E-state index contributed by atoms with van der Waals surface area (Å²) in [6.45, 7) is 7.39. The molecule has 0 N–H and O–H groups in total. The highest BCUT2D eigenvalue weighted by atomic mass is 35.5. The molecule has 0 aliphatic carbocycles. The summed E-state index contributed by atoms with van der Waals surface area (Å²) in [6.07, 6.45) is 3.33. The molecule has 0 spiro atoms. The van der Waals surface area contributed by atoms with E-state index in [0.29, 0.717) is 23.1 Å². The molecule has 1 fully saturated rings. The van der Waals surface area contributed by atoms with Crippen LogP contribution in [0.3, 0.4) is 0 Å². The fraction of sp³-hybridized carbons (Fsp3) is 0.286. The van der Waals surface area contributed by atoms with Gasteiger partial charge >= 0.3 is 0 Å². The molecule has 1 aliphatic rings. The van der Waals surface area contributed by atoms with Gasteiger partial charge in [0.1, 0.15) is 0 Å². The maximum atomic E-state index is 12.5. The predicted molar refractivity (Wildman–Crippen MR) is 110 cm³/mol. The lowest BCUT2D eigenvalue weighted by molar-refractivity contribution is -0.126. The van der Waals surface area contributed by atoms with Gasteiger partial charge in [0, 0.05) is 48.0 Å². The number of piperazine rings is 1. The maximum absolute atomic E-state index is 12.5. The third-order valence-corrected chi connectivity index (χ3v) is 5.44. The molecule has 1 saturated heterocycles. The van der Waals surface area contributed by atoms with Gasteiger partial charge in [-0.3, -0.25) is 4.79 Å². The molecule has 1 aliphatic heterocycles. The molecule has 5 heteroatoms. The van der Waals surface area contributed by atoms with E-state index in [0.717, 1.165) is 18.7 Å². The molecular weight excluding hydrogens is 367 g/mol. The standard InChI is InChI=1S/C21H22Cl2N2O/c1-15-4-3-5-20(16(15)2)24-10-12-25(13-11-24)21(26)9-7-17-6-8-18(22)14-19(17)23/h3-9,14H,10-13H2,1-2H3/b9-7+. The molecular formula is C21H22Cl2N2O. The van der Waals surface area contributed by atoms with Gasteiger partial charge in [0.15, 0.2) is 0 Å². The minimum atomic E-state index is 0.0108. The topological polar surface area (TPSA) is 23.6 Å². The Balaban J connectivity index is 1.61. The van der Waals surface area contributed by atoms with Crippen LogP contribution in [0.25, 0.3) is 6.08 Å². The van der Waals surface area contributed by atoms with E-state index in [2.05, 4.69) is 36.9 Å². The lowest BCUT2D eigenvalue weighted by Crippen LogP contribution is -2.48. The van der Waals surface area contributed by atoms with Gasteiger partial charge in [-0.25, -0.2) is 0 Å². The normalized spacial score (nSPS) is 14.9. The third-order valence-electron chi connectivity index (χ3n) is 4.88. The summed E-state index contributed by atoms with van der Waals surface area (Å²) in [5, 5.41) is 1.13. The lowest BCUT2D eigenvalue weighted by atomic mass is 10.1. The highest BCUT2D eigenvalue weighted by molar-refractivity contribution is 6.35. The number of hydrogen-bond acceptors (Lipinski definition) is 2. The van der Waals surface area contributed by atoms with Crippen molar-refractivity contribution in [3.05, 3.63) is 69.2 Å². The van der Waals surface area contributed by atoms with Gasteiger partial charge in [-0.05, 0) is 54.8 Å². The van der Waals surface area contributed by atoms with E-state index in [4.69, 9.17) is 23.2 Å². The number of halogens is 2. The number of nitrogens with zero attached hydrogens (tertiary/aromatic N) is 2. The highest BCUT2D eigenvalue weighted by Crippen LogP contribution is 2.24. The first-order valence-corrected chi connectivity index (χ1v) is 9.44. The Morgan fingerprint density at radius 2 is 1.77 bits per heavy atom. The fourth-order valence-electron chi connectivity index (χ4n) is 3.15. The molecule has 0 bridgehead atoms. The van der Waals surface area contributed by atoms with Crippen molar-refractivity contribution in [3.8, 4) is 0 Å². The first-order chi connectivity index (χ1) is 12.5. The van der Waals surface area contributed by atoms with Crippen LogP contribution >= 0.6 is 23.2 Å². The number of carbonyl (C=O) groups is 1. The monoisotopic (exact) mass is 388 g/mol. The Hall–Kier alpha value is -1.97. The van der Waals surface area contributed by atoms with Crippen molar-refractivity contribution in [3.63, 3.8) is 0 Å².